The summed E-state index contributed by atoms with van der Waals surface area (Å²) in [6.07, 6.45) is -0.788. The van der Waals surface area contributed by atoms with E-state index in [1.54, 1.807) is 13.8 Å². The molecule has 0 saturated carbocycles. The number of esters is 1. The smallest absolute Gasteiger partial charge is 0.338 e. The molecule has 2 atom stereocenters. The van der Waals surface area contributed by atoms with E-state index in [1.165, 1.54) is 0 Å². The second-order valence-electron chi connectivity index (χ2n) is 4.02. The van der Waals surface area contributed by atoms with Gasteiger partial charge in [0.2, 0.25) is 0 Å². The molecule has 0 N–H and O–H groups in total. The zero-order valence-electron chi connectivity index (χ0n) is 9.50. The number of halogens is 2. The van der Waals surface area contributed by atoms with Crippen LogP contribution in [0.5, 0.6) is 0 Å². The zero-order valence-corrected chi connectivity index (χ0v) is 9.50. The lowest BCUT2D eigenvalue weighted by molar-refractivity contribution is -0.144. The third kappa shape index (κ3) is 2.15. The Morgan fingerprint density at radius 3 is 2.53 bits per heavy atom. The number of epoxide rings is 1. The molecule has 2 unspecified atom stereocenters. The molecule has 0 radical (unpaired) electrons. The Hall–Kier alpha value is -1.49. The van der Waals surface area contributed by atoms with E-state index >= 15 is 0 Å². The molecule has 2 rings (SSSR count). The zero-order chi connectivity index (χ0) is 12.6. The normalized spacial score (nSPS) is 26.7. The number of hydrogen-bond acceptors (Lipinski definition) is 3. The second kappa shape index (κ2) is 4.07. The van der Waals surface area contributed by atoms with Crippen LogP contribution in [-0.2, 0) is 19.9 Å². The van der Waals surface area contributed by atoms with Gasteiger partial charge >= 0.3 is 5.97 Å². The van der Waals surface area contributed by atoms with Crippen molar-refractivity contribution in [3.63, 3.8) is 0 Å². The average Bonchev–Trinajstić information content (AvgIpc) is 2.91. The summed E-state index contributed by atoms with van der Waals surface area (Å²) in [5.74, 6) is -1.90. The van der Waals surface area contributed by atoms with E-state index in [2.05, 4.69) is 0 Å². The molecule has 0 bridgehead atoms. The Balaban J connectivity index is 2.21. The highest BCUT2D eigenvalue weighted by Crippen LogP contribution is 2.46. The van der Waals surface area contributed by atoms with Crippen LogP contribution in [0.15, 0.2) is 18.2 Å². The Morgan fingerprint density at radius 1 is 1.41 bits per heavy atom. The van der Waals surface area contributed by atoms with Gasteiger partial charge in [0.15, 0.2) is 6.10 Å². The first-order valence-corrected chi connectivity index (χ1v) is 5.28. The van der Waals surface area contributed by atoms with Gasteiger partial charge in [-0.3, -0.25) is 0 Å². The number of benzene rings is 1. The molecule has 3 nitrogen and oxygen atoms in total. The number of hydrogen-bond donors (Lipinski definition) is 0. The fraction of sp³-hybridized carbons (Fsp3) is 0.417. The molecule has 1 aliphatic heterocycles. The van der Waals surface area contributed by atoms with Crippen molar-refractivity contribution in [1.82, 2.24) is 0 Å². The third-order valence-corrected chi connectivity index (χ3v) is 2.74. The molecule has 0 aromatic heterocycles. The largest absolute Gasteiger partial charge is 0.464 e. The van der Waals surface area contributed by atoms with Crippen molar-refractivity contribution >= 4 is 5.97 Å². The van der Waals surface area contributed by atoms with Crippen LogP contribution in [0.2, 0.25) is 0 Å². The van der Waals surface area contributed by atoms with Gasteiger partial charge in [0.1, 0.15) is 17.2 Å². The van der Waals surface area contributed by atoms with Crippen molar-refractivity contribution in [1.29, 1.82) is 0 Å². The highest BCUT2D eigenvalue weighted by Gasteiger charge is 2.59. The van der Waals surface area contributed by atoms with Crippen LogP contribution in [0.25, 0.3) is 0 Å². The fourth-order valence-electron chi connectivity index (χ4n) is 1.76. The summed E-state index contributed by atoms with van der Waals surface area (Å²) < 4.78 is 36.1. The standard InChI is InChI=1S/C12H12F2O3/c1-3-16-11(15)10-12(2,17-10)7-4-8(13)6-9(14)5-7/h4-6,10H,3H2,1-2H3. The van der Waals surface area contributed by atoms with Crippen molar-refractivity contribution in [3.8, 4) is 0 Å². The van der Waals surface area contributed by atoms with Crippen LogP contribution in [0, 0.1) is 11.6 Å². The number of rotatable bonds is 3. The topological polar surface area (TPSA) is 38.8 Å². The van der Waals surface area contributed by atoms with E-state index < -0.39 is 29.3 Å². The van der Waals surface area contributed by atoms with Crippen LogP contribution < -0.4 is 0 Å². The van der Waals surface area contributed by atoms with E-state index in [4.69, 9.17) is 9.47 Å². The molecule has 1 aromatic rings. The summed E-state index contributed by atoms with van der Waals surface area (Å²) in [4.78, 5) is 11.4. The maximum Gasteiger partial charge on any atom is 0.338 e. The molecular formula is C12H12F2O3. The first kappa shape index (κ1) is 12.0. The predicted octanol–water partition coefficient (Wildman–Crippen LogP) is 2.14. The van der Waals surface area contributed by atoms with Gasteiger partial charge in [-0.15, -0.1) is 0 Å². The molecule has 5 heteroatoms. The lowest BCUT2D eigenvalue weighted by Gasteiger charge is -2.07. The van der Waals surface area contributed by atoms with Crippen molar-refractivity contribution < 1.29 is 23.0 Å². The predicted molar refractivity (Wildman–Crippen MR) is 55.2 cm³/mol. The lowest BCUT2D eigenvalue weighted by atomic mass is 9.97. The van der Waals surface area contributed by atoms with Crippen molar-refractivity contribution in [2.45, 2.75) is 25.6 Å². The van der Waals surface area contributed by atoms with Crippen LogP contribution in [0.4, 0.5) is 8.78 Å². The monoisotopic (exact) mass is 242 g/mol. The quantitative estimate of drug-likeness (QED) is 0.602. The van der Waals surface area contributed by atoms with Crippen LogP contribution in [0.3, 0.4) is 0 Å². The highest BCUT2D eigenvalue weighted by atomic mass is 19.1. The molecule has 0 aliphatic carbocycles. The van der Waals surface area contributed by atoms with Gasteiger partial charge in [-0.1, -0.05) is 0 Å². The molecule has 1 aliphatic rings. The first-order chi connectivity index (χ1) is 7.97. The fourth-order valence-corrected chi connectivity index (χ4v) is 1.76. The Morgan fingerprint density at radius 2 is 2.00 bits per heavy atom. The minimum absolute atomic E-state index is 0.242. The minimum Gasteiger partial charge on any atom is -0.464 e. The molecule has 92 valence electrons. The molecule has 0 spiro atoms. The van der Waals surface area contributed by atoms with Crippen molar-refractivity contribution in [3.05, 3.63) is 35.4 Å². The summed E-state index contributed by atoms with van der Waals surface area (Å²) in [6.45, 7) is 3.52. The van der Waals surface area contributed by atoms with Crippen molar-refractivity contribution in [2.75, 3.05) is 6.61 Å². The molecule has 0 amide bonds. The van der Waals surface area contributed by atoms with Crippen LogP contribution >= 0.6 is 0 Å². The average molecular weight is 242 g/mol. The maximum absolute atomic E-state index is 13.1. The molecular weight excluding hydrogens is 230 g/mol. The van der Waals surface area contributed by atoms with E-state index in [9.17, 15) is 13.6 Å². The molecule has 1 heterocycles. The molecule has 1 saturated heterocycles. The Bertz CT molecular complexity index is 441. The van der Waals surface area contributed by atoms with Gasteiger partial charge in [-0.05, 0) is 31.5 Å². The highest BCUT2D eigenvalue weighted by molar-refractivity contribution is 5.79. The van der Waals surface area contributed by atoms with Crippen LogP contribution in [-0.4, -0.2) is 18.7 Å². The van der Waals surface area contributed by atoms with E-state index in [1.807, 2.05) is 0 Å². The summed E-state index contributed by atoms with van der Waals surface area (Å²) in [5.41, 5.74) is -0.692. The van der Waals surface area contributed by atoms with Gasteiger partial charge in [0, 0.05) is 6.07 Å². The number of carbonyl (C=O) groups is 1. The number of ether oxygens (including phenoxy) is 2. The van der Waals surface area contributed by atoms with E-state index in [-0.39, 0.29) is 6.61 Å². The van der Waals surface area contributed by atoms with Gasteiger partial charge in [-0.2, -0.15) is 0 Å². The summed E-state index contributed by atoms with van der Waals surface area (Å²) in [6, 6.07) is 3.08. The molecule has 1 fully saturated rings. The summed E-state index contributed by atoms with van der Waals surface area (Å²) in [5, 5.41) is 0. The number of carbonyl (C=O) groups excluding carboxylic acids is 1. The third-order valence-electron chi connectivity index (χ3n) is 2.74. The van der Waals surface area contributed by atoms with Crippen LogP contribution in [0.1, 0.15) is 19.4 Å². The SMILES string of the molecule is CCOC(=O)C1OC1(C)c1cc(F)cc(F)c1. The minimum atomic E-state index is -0.991. The maximum atomic E-state index is 13.1. The van der Waals surface area contributed by atoms with Crippen molar-refractivity contribution in [2.24, 2.45) is 0 Å². The van der Waals surface area contributed by atoms with Gasteiger partial charge in [-0.25, -0.2) is 13.6 Å². The van der Waals surface area contributed by atoms with E-state index in [0.717, 1.165) is 18.2 Å². The summed E-state index contributed by atoms with van der Waals surface area (Å²) >= 11 is 0. The molecule has 17 heavy (non-hydrogen) atoms. The summed E-state index contributed by atoms with van der Waals surface area (Å²) in [7, 11) is 0. The first-order valence-electron chi connectivity index (χ1n) is 5.28. The Kier molecular flexibility index (Phi) is 2.87. The van der Waals surface area contributed by atoms with Gasteiger partial charge in [0.25, 0.3) is 0 Å². The second-order valence-corrected chi connectivity index (χ2v) is 4.02. The van der Waals surface area contributed by atoms with Gasteiger partial charge in [0.05, 0.1) is 6.61 Å². The molecule has 1 aromatic carbocycles. The lowest BCUT2D eigenvalue weighted by Crippen LogP contribution is -2.19. The Labute approximate surface area is 97.3 Å². The van der Waals surface area contributed by atoms with Gasteiger partial charge < -0.3 is 9.47 Å². The van der Waals surface area contributed by atoms with E-state index in [0.29, 0.717) is 5.56 Å².